The van der Waals surface area contributed by atoms with Crippen LogP contribution in [0.15, 0.2) is 47.6 Å². The third-order valence-corrected chi connectivity index (χ3v) is 3.68. The maximum Gasteiger partial charge on any atom is 0.221 e. The molecule has 1 aromatic carbocycles. The smallest absolute Gasteiger partial charge is 0.221 e. The third kappa shape index (κ3) is 5.01. The van der Waals surface area contributed by atoms with Crippen LogP contribution >= 0.6 is 11.8 Å². The van der Waals surface area contributed by atoms with Crippen molar-refractivity contribution in [1.29, 1.82) is 0 Å². The van der Waals surface area contributed by atoms with Gasteiger partial charge in [0.05, 0.1) is 12.2 Å². The minimum Gasteiger partial charge on any atom is -0.350 e. The monoisotopic (exact) mass is 287 g/mol. The molecule has 0 radical (unpaired) electrons. The van der Waals surface area contributed by atoms with Gasteiger partial charge in [-0.2, -0.15) is 0 Å². The van der Waals surface area contributed by atoms with E-state index in [4.69, 9.17) is 0 Å². The Labute approximate surface area is 123 Å². The van der Waals surface area contributed by atoms with Crippen LogP contribution in [0, 0.1) is 6.92 Å². The zero-order valence-electron chi connectivity index (χ0n) is 11.4. The molecule has 0 aliphatic rings. The fourth-order valence-electron chi connectivity index (χ4n) is 1.66. The molecule has 5 heteroatoms. The lowest BCUT2D eigenvalue weighted by molar-refractivity contribution is -0.120. The first-order valence-electron chi connectivity index (χ1n) is 6.46. The molecule has 2 rings (SSSR count). The van der Waals surface area contributed by atoms with E-state index in [0.717, 1.165) is 17.1 Å². The van der Waals surface area contributed by atoms with Gasteiger partial charge in [-0.05, 0) is 25.1 Å². The molecule has 20 heavy (non-hydrogen) atoms. The molecule has 0 atom stereocenters. The first-order valence-corrected chi connectivity index (χ1v) is 7.44. The van der Waals surface area contributed by atoms with Gasteiger partial charge in [0.1, 0.15) is 6.33 Å². The predicted octanol–water partition coefficient (Wildman–Crippen LogP) is 2.58. The Hall–Kier alpha value is -1.88. The summed E-state index contributed by atoms with van der Waals surface area (Å²) in [5.41, 5.74) is 1.74. The Bertz CT molecular complexity index is 560. The number of hydrogen-bond acceptors (Lipinski definition) is 4. The molecule has 0 saturated carbocycles. The zero-order valence-corrected chi connectivity index (χ0v) is 12.2. The van der Waals surface area contributed by atoms with Crippen molar-refractivity contribution in [3.63, 3.8) is 0 Å². The third-order valence-electron chi connectivity index (χ3n) is 2.67. The topological polar surface area (TPSA) is 54.9 Å². The van der Waals surface area contributed by atoms with Crippen LogP contribution in [0.25, 0.3) is 0 Å². The van der Waals surface area contributed by atoms with Crippen LogP contribution in [-0.4, -0.2) is 21.6 Å². The van der Waals surface area contributed by atoms with Crippen molar-refractivity contribution in [1.82, 2.24) is 15.3 Å². The van der Waals surface area contributed by atoms with Crippen LogP contribution in [0.1, 0.15) is 17.8 Å². The molecule has 0 bridgehead atoms. The van der Waals surface area contributed by atoms with Gasteiger partial charge in [0.2, 0.25) is 5.91 Å². The molecule has 1 heterocycles. The highest BCUT2D eigenvalue weighted by molar-refractivity contribution is 7.99. The summed E-state index contributed by atoms with van der Waals surface area (Å²) in [5.74, 6) is 0.822. The number of thioether (sulfide) groups is 1. The highest BCUT2D eigenvalue weighted by Gasteiger charge is 2.03. The summed E-state index contributed by atoms with van der Waals surface area (Å²) in [6.45, 7) is 2.36. The lowest BCUT2D eigenvalue weighted by atomic mass is 10.3. The molecule has 104 valence electrons. The second kappa shape index (κ2) is 7.65. The maximum atomic E-state index is 11.7. The summed E-state index contributed by atoms with van der Waals surface area (Å²) in [6, 6.07) is 12.0. The van der Waals surface area contributed by atoms with E-state index in [9.17, 15) is 4.79 Å². The molecule has 0 unspecified atom stereocenters. The highest BCUT2D eigenvalue weighted by Crippen LogP contribution is 2.17. The molecular weight excluding hydrogens is 270 g/mol. The minimum absolute atomic E-state index is 0.0460. The number of carbonyl (C=O) groups excluding carboxylic acids is 1. The van der Waals surface area contributed by atoms with E-state index in [1.807, 2.05) is 43.3 Å². The largest absolute Gasteiger partial charge is 0.350 e. The molecule has 2 aromatic rings. The van der Waals surface area contributed by atoms with E-state index in [0.29, 0.717) is 13.0 Å². The quantitative estimate of drug-likeness (QED) is 0.830. The Morgan fingerprint density at radius 2 is 2.05 bits per heavy atom. The molecule has 0 aliphatic heterocycles. The number of aromatic nitrogens is 2. The summed E-state index contributed by atoms with van der Waals surface area (Å²) in [6.07, 6.45) is 2.02. The number of hydrogen-bond donors (Lipinski definition) is 1. The van der Waals surface area contributed by atoms with Gasteiger partial charge in [-0.15, -0.1) is 11.8 Å². The van der Waals surface area contributed by atoms with E-state index in [1.54, 1.807) is 11.8 Å². The average molecular weight is 287 g/mol. The summed E-state index contributed by atoms with van der Waals surface area (Å²) < 4.78 is 0. The summed E-state index contributed by atoms with van der Waals surface area (Å²) in [4.78, 5) is 21.0. The van der Waals surface area contributed by atoms with E-state index in [2.05, 4.69) is 15.3 Å². The SMILES string of the molecule is Cc1cc(CNC(=O)CCSc2ccccc2)ncn1. The highest BCUT2D eigenvalue weighted by atomic mass is 32.2. The maximum absolute atomic E-state index is 11.7. The van der Waals surface area contributed by atoms with Gasteiger partial charge in [-0.25, -0.2) is 9.97 Å². The van der Waals surface area contributed by atoms with Crippen LogP contribution in [0.4, 0.5) is 0 Å². The second-order valence-corrected chi connectivity index (χ2v) is 5.51. The van der Waals surface area contributed by atoms with Gasteiger partial charge in [0, 0.05) is 22.8 Å². The van der Waals surface area contributed by atoms with Crippen molar-refractivity contribution >= 4 is 17.7 Å². The van der Waals surface area contributed by atoms with Gasteiger partial charge in [-0.3, -0.25) is 4.79 Å². The minimum atomic E-state index is 0.0460. The van der Waals surface area contributed by atoms with Gasteiger partial charge < -0.3 is 5.32 Å². The van der Waals surface area contributed by atoms with Gasteiger partial charge in [0.15, 0.2) is 0 Å². The Balaban J connectivity index is 1.68. The fourth-order valence-corrected chi connectivity index (χ4v) is 2.54. The van der Waals surface area contributed by atoms with Gasteiger partial charge >= 0.3 is 0 Å². The van der Waals surface area contributed by atoms with E-state index < -0.39 is 0 Å². The normalized spacial score (nSPS) is 10.2. The summed E-state index contributed by atoms with van der Waals surface area (Å²) in [5, 5.41) is 2.87. The summed E-state index contributed by atoms with van der Waals surface area (Å²) in [7, 11) is 0. The Kier molecular flexibility index (Phi) is 5.55. The molecule has 0 spiro atoms. The second-order valence-electron chi connectivity index (χ2n) is 4.34. The standard InChI is InChI=1S/C15H17N3OS/c1-12-9-13(18-11-17-12)10-16-15(19)7-8-20-14-5-3-2-4-6-14/h2-6,9,11H,7-8,10H2,1H3,(H,16,19). The molecule has 1 N–H and O–H groups in total. The number of nitrogens with one attached hydrogen (secondary N) is 1. The lowest BCUT2D eigenvalue weighted by Gasteiger charge is -2.05. The van der Waals surface area contributed by atoms with Crippen molar-refractivity contribution in [2.24, 2.45) is 0 Å². The van der Waals surface area contributed by atoms with Crippen molar-refractivity contribution in [3.8, 4) is 0 Å². The molecule has 1 aromatic heterocycles. The van der Waals surface area contributed by atoms with Crippen LogP contribution in [-0.2, 0) is 11.3 Å². The number of carbonyl (C=O) groups is 1. The fraction of sp³-hybridized carbons (Fsp3) is 0.267. The van der Waals surface area contributed by atoms with Crippen LogP contribution in [0.2, 0.25) is 0 Å². The number of rotatable bonds is 6. The average Bonchev–Trinajstić information content (AvgIpc) is 2.46. The first-order chi connectivity index (χ1) is 9.74. The van der Waals surface area contributed by atoms with Crippen molar-refractivity contribution in [3.05, 3.63) is 54.1 Å². The number of nitrogens with zero attached hydrogens (tertiary/aromatic N) is 2. The first kappa shape index (κ1) is 14.5. The molecule has 4 nitrogen and oxygen atoms in total. The van der Waals surface area contributed by atoms with E-state index >= 15 is 0 Å². The molecule has 0 saturated heterocycles. The van der Waals surface area contributed by atoms with Crippen LogP contribution < -0.4 is 5.32 Å². The summed E-state index contributed by atoms with van der Waals surface area (Å²) >= 11 is 1.69. The molecule has 0 fully saturated rings. The van der Waals surface area contributed by atoms with E-state index in [1.165, 1.54) is 11.2 Å². The number of amides is 1. The molecule has 0 aliphatic carbocycles. The Morgan fingerprint density at radius 1 is 1.25 bits per heavy atom. The lowest BCUT2D eigenvalue weighted by Crippen LogP contribution is -2.23. The van der Waals surface area contributed by atoms with Gasteiger partial charge in [0.25, 0.3) is 0 Å². The van der Waals surface area contributed by atoms with Crippen molar-refractivity contribution in [2.45, 2.75) is 24.8 Å². The van der Waals surface area contributed by atoms with Gasteiger partial charge in [-0.1, -0.05) is 18.2 Å². The van der Waals surface area contributed by atoms with Crippen LogP contribution in [0.3, 0.4) is 0 Å². The number of benzene rings is 1. The molecule has 1 amide bonds. The zero-order chi connectivity index (χ0) is 14.2. The number of aryl methyl sites for hydroxylation is 1. The van der Waals surface area contributed by atoms with Crippen molar-refractivity contribution in [2.75, 3.05) is 5.75 Å². The van der Waals surface area contributed by atoms with E-state index in [-0.39, 0.29) is 5.91 Å². The van der Waals surface area contributed by atoms with Crippen molar-refractivity contribution < 1.29 is 4.79 Å². The Morgan fingerprint density at radius 3 is 2.80 bits per heavy atom. The predicted molar refractivity (Wildman–Crippen MR) is 80.4 cm³/mol. The van der Waals surface area contributed by atoms with Crippen LogP contribution in [0.5, 0.6) is 0 Å². The molecular formula is C15H17N3OS.